The van der Waals surface area contributed by atoms with Crippen LogP contribution >= 0.6 is 23.4 Å². The summed E-state index contributed by atoms with van der Waals surface area (Å²) in [5, 5.41) is 11.2. The van der Waals surface area contributed by atoms with Gasteiger partial charge in [0, 0.05) is 35.4 Å². The van der Waals surface area contributed by atoms with Gasteiger partial charge in [-0.15, -0.1) is 11.8 Å². The minimum absolute atomic E-state index is 0.151. The zero-order chi connectivity index (χ0) is 19.5. The van der Waals surface area contributed by atoms with Crippen LogP contribution in [0.4, 0.5) is 0 Å². The molecule has 1 aliphatic carbocycles. The average Bonchev–Trinajstić information content (AvgIpc) is 3.10. The van der Waals surface area contributed by atoms with Gasteiger partial charge in [0.05, 0.1) is 11.9 Å². The minimum atomic E-state index is -0.526. The molecule has 0 unspecified atom stereocenters. The van der Waals surface area contributed by atoms with Crippen molar-refractivity contribution in [3.05, 3.63) is 53.8 Å². The fourth-order valence-corrected chi connectivity index (χ4v) is 5.07. The highest BCUT2D eigenvalue weighted by Gasteiger charge is 2.43. The number of nitrogens with zero attached hydrogens (tertiary/aromatic N) is 2. The van der Waals surface area contributed by atoms with E-state index in [2.05, 4.69) is 4.98 Å². The van der Waals surface area contributed by atoms with E-state index in [1.54, 1.807) is 24.5 Å². The fraction of sp³-hybridized carbons (Fsp3) is 0.429. The number of carbonyl (C=O) groups excluding carboxylic acids is 1. The second-order valence-electron chi connectivity index (χ2n) is 7.44. The normalized spacial score (nSPS) is 26.7. The standard InChI is InChI=1S/C21H23ClN2O3S/c22-16-2-1-3-17(10-16)27-20-9-15-12-24(11-14(15)8-19(20)25)21(26)13-28-18-4-6-23-7-5-18/h1-7,10,14-15,19-20,25H,8-9,11-13H2/t14-,15+,19+,20+/m0/s1. The second kappa shape index (κ2) is 8.72. The number of aromatic nitrogens is 1. The molecule has 1 saturated heterocycles. The number of amides is 1. The summed E-state index contributed by atoms with van der Waals surface area (Å²) in [6, 6.07) is 11.1. The number of rotatable bonds is 5. The van der Waals surface area contributed by atoms with Crippen molar-refractivity contribution in [3.8, 4) is 5.75 Å². The number of halogens is 1. The van der Waals surface area contributed by atoms with Gasteiger partial charge in [-0.25, -0.2) is 0 Å². The Morgan fingerprint density at radius 1 is 1.21 bits per heavy atom. The Morgan fingerprint density at radius 2 is 1.96 bits per heavy atom. The first kappa shape index (κ1) is 19.6. The van der Waals surface area contributed by atoms with Crippen molar-refractivity contribution in [2.24, 2.45) is 11.8 Å². The number of aliphatic hydroxyl groups excluding tert-OH is 1. The Labute approximate surface area is 174 Å². The summed E-state index contributed by atoms with van der Waals surface area (Å²) in [4.78, 5) is 19.6. The fourth-order valence-electron chi connectivity index (χ4n) is 4.11. The van der Waals surface area contributed by atoms with Crippen LogP contribution < -0.4 is 4.74 Å². The van der Waals surface area contributed by atoms with Gasteiger partial charge in [-0.3, -0.25) is 9.78 Å². The highest BCUT2D eigenvalue weighted by Crippen LogP contribution is 2.38. The first-order valence-electron chi connectivity index (χ1n) is 9.49. The molecule has 4 rings (SSSR count). The molecule has 0 radical (unpaired) electrons. The van der Waals surface area contributed by atoms with Gasteiger partial charge in [0.2, 0.25) is 5.91 Å². The van der Waals surface area contributed by atoms with Crippen LogP contribution in [0, 0.1) is 11.8 Å². The van der Waals surface area contributed by atoms with Crippen LogP contribution in [0.25, 0.3) is 0 Å². The molecule has 1 amide bonds. The number of thioether (sulfide) groups is 1. The molecule has 1 aliphatic heterocycles. The smallest absolute Gasteiger partial charge is 0.232 e. The van der Waals surface area contributed by atoms with Gasteiger partial charge in [-0.05, 0) is 55.0 Å². The van der Waals surface area contributed by atoms with E-state index < -0.39 is 6.10 Å². The number of likely N-dealkylation sites (tertiary alicyclic amines) is 1. The van der Waals surface area contributed by atoms with E-state index >= 15 is 0 Å². The van der Waals surface area contributed by atoms with Crippen molar-refractivity contribution in [1.29, 1.82) is 0 Å². The third-order valence-corrected chi connectivity index (χ3v) is 6.77. The summed E-state index contributed by atoms with van der Waals surface area (Å²) >= 11 is 7.56. The molecule has 1 aromatic heterocycles. The van der Waals surface area contributed by atoms with Crippen molar-refractivity contribution in [2.75, 3.05) is 18.8 Å². The van der Waals surface area contributed by atoms with Crippen LogP contribution in [0.3, 0.4) is 0 Å². The molecule has 2 aliphatic rings. The summed E-state index contributed by atoms with van der Waals surface area (Å²) in [5.74, 6) is 1.95. The quantitative estimate of drug-likeness (QED) is 0.753. The molecule has 1 saturated carbocycles. The first-order chi connectivity index (χ1) is 13.6. The minimum Gasteiger partial charge on any atom is -0.488 e. The lowest BCUT2D eigenvalue weighted by Gasteiger charge is -2.35. The number of hydrogen-bond donors (Lipinski definition) is 1. The molecule has 5 nitrogen and oxygen atoms in total. The van der Waals surface area contributed by atoms with Gasteiger partial charge >= 0.3 is 0 Å². The SMILES string of the molecule is O=C(CSc1ccncc1)N1C[C@H]2C[C@@H](Oc3cccc(Cl)c3)[C@H](O)C[C@H]2C1. The number of ether oxygens (including phenoxy) is 1. The van der Waals surface area contributed by atoms with Crippen molar-refractivity contribution in [3.63, 3.8) is 0 Å². The number of carbonyl (C=O) groups is 1. The lowest BCUT2D eigenvalue weighted by atomic mass is 9.78. The Balaban J connectivity index is 1.32. The van der Waals surface area contributed by atoms with E-state index in [0.29, 0.717) is 34.8 Å². The van der Waals surface area contributed by atoms with Gasteiger partial charge in [-0.1, -0.05) is 17.7 Å². The Hall–Kier alpha value is -1.76. The molecule has 28 heavy (non-hydrogen) atoms. The predicted molar refractivity (Wildman–Crippen MR) is 110 cm³/mol. The van der Waals surface area contributed by atoms with Crippen LogP contribution in [-0.2, 0) is 4.79 Å². The molecule has 148 valence electrons. The first-order valence-corrected chi connectivity index (χ1v) is 10.9. The average molecular weight is 419 g/mol. The highest BCUT2D eigenvalue weighted by molar-refractivity contribution is 8.00. The zero-order valence-electron chi connectivity index (χ0n) is 15.4. The molecule has 2 fully saturated rings. The maximum absolute atomic E-state index is 12.6. The summed E-state index contributed by atoms with van der Waals surface area (Å²) in [5.41, 5.74) is 0. The Kier molecular flexibility index (Phi) is 6.09. The van der Waals surface area contributed by atoms with E-state index in [0.717, 1.165) is 24.4 Å². The van der Waals surface area contributed by atoms with Gasteiger partial charge in [-0.2, -0.15) is 0 Å². The molecule has 1 aromatic carbocycles. The van der Waals surface area contributed by atoms with Crippen LogP contribution in [-0.4, -0.2) is 51.9 Å². The number of aliphatic hydroxyl groups is 1. The zero-order valence-corrected chi connectivity index (χ0v) is 17.0. The van der Waals surface area contributed by atoms with Gasteiger partial charge in [0.1, 0.15) is 11.9 Å². The van der Waals surface area contributed by atoms with Gasteiger partial charge in [0.25, 0.3) is 0 Å². The van der Waals surface area contributed by atoms with Crippen molar-refractivity contribution in [1.82, 2.24) is 9.88 Å². The molecule has 0 bridgehead atoms. The lowest BCUT2D eigenvalue weighted by Crippen LogP contribution is -2.42. The predicted octanol–water partition coefficient (Wildman–Crippen LogP) is 3.50. The van der Waals surface area contributed by atoms with Crippen LogP contribution in [0.1, 0.15) is 12.8 Å². The number of pyridine rings is 1. The molecule has 0 spiro atoms. The summed E-state index contributed by atoms with van der Waals surface area (Å²) in [6.07, 6.45) is 4.09. The number of benzene rings is 1. The van der Waals surface area contributed by atoms with Crippen molar-refractivity contribution >= 4 is 29.3 Å². The highest BCUT2D eigenvalue weighted by atomic mass is 35.5. The number of hydrogen-bond acceptors (Lipinski definition) is 5. The van der Waals surface area contributed by atoms with Crippen molar-refractivity contribution < 1.29 is 14.6 Å². The van der Waals surface area contributed by atoms with Gasteiger partial charge < -0.3 is 14.7 Å². The van der Waals surface area contributed by atoms with Crippen LogP contribution in [0.5, 0.6) is 5.75 Å². The molecule has 2 heterocycles. The van der Waals surface area contributed by atoms with E-state index in [-0.39, 0.29) is 12.0 Å². The molecule has 2 aromatic rings. The van der Waals surface area contributed by atoms with Crippen LogP contribution in [0.2, 0.25) is 5.02 Å². The molecule has 7 heteroatoms. The molecular weight excluding hydrogens is 396 g/mol. The molecule has 4 atom stereocenters. The third kappa shape index (κ3) is 4.62. The summed E-state index contributed by atoms with van der Waals surface area (Å²) in [6.45, 7) is 1.46. The van der Waals surface area contributed by atoms with E-state index in [4.69, 9.17) is 16.3 Å². The third-order valence-electron chi connectivity index (χ3n) is 5.53. The largest absolute Gasteiger partial charge is 0.488 e. The summed E-state index contributed by atoms with van der Waals surface area (Å²) < 4.78 is 6.01. The number of fused-ring (bicyclic) bond motifs is 1. The van der Waals surface area contributed by atoms with Crippen molar-refractivity contribution in [2.45, 2.75) is 29.9 Å². The Morgan fingerprint density at radius 3 is 2.71 bits per heavy atom. The van der Waals surface area contributed by atoms with Gasteiger partial charge in [0.15, 0.2) is 0 Å². The Bertz CT molecular complexity index is 822. The van der Waals surface area contributed by atoms with E-state index in [1.807, 2.05) is 29.2 Å². The van der Waals surface area contributed by atoms with E-state index in [9.17, 15) is 9.90 Å². The molecular formula is C21H23ClN2O3S. The topological polar surface area (TPSA) is 62.7 Å². The monoisotopic (exact) mass is 418 g/mol. The second-order valence-corrected chi connectivity index (χ2v) is 8.93. The van der Waals surface area contributed by atoms with E-state index in [1.165, 1.54) is 11.8 Å². The van der Waals surface area contributed by atoms with Crippen LogP contribution in [0.15, 0.2) is 53.7 Å². The molecule has 1 N–H and O–H groups in total. The lowest BCUT2D eigenvalue weighted by molar-refractivity contribution is -0.127. The maximum Gasteiger partial charge on any atom is 0.232 e. The summed E-state index contributed by atoms with van der Waals surface area (Å²) in [7, 11) is 0. The maximum atomic E-state index is 12.6.